The second-order valence-corrected chi connectivity index (χ2v) is 3.99. The van der Waals surface area contributed by atoms with Gasteiger partial charge in [-0.15, -0.1) is 0 Å². The van der Waals surface area contributed by atoms with Crippen LogP contribution in [0.1, 0.15) is 36.5 Å². The Morgan fingerprint density at radius 3 is 2.88 bits per heavy atom. The van der Waals surface area contributed by atoms with Gasteiger partial charge in [0.25, 0.3) is 0 Å². The Labute approximate surface area is 93.5 Å². The molecule has 0 saturated heterocycles. The van der Waals surface area contributed by atoms with Gasteiger partial charge in [0.15, 0.2) is 11.5 Å². The molecular formula is C11H14N4O. The van der Waals surface area contributed by atoms with Crippen LogP contribution in [0.3, 0.4) is 0 Å². The predicted molar refractivity (Wildman–Crippen MR) is 59.4 cm³/mol. The smallest absolute Gasteiger partial charge is 0.177 e. The summed E-state index contributed by atoms with van der Waals surface area (Å²) in [6, 6.07) is 0. The van der Waals surface area contributed by atoms with E-state index >= 15 is 0 Å². The second kappa shape index (κ2) is 4.00. The SMILES string of the molecule is Cc1ncc(C)n2nc(C(C)CC=O)nc12. The summed E-state index contributed by atoms with van der Waals surface area (Å²) in [4.78, 5) is 19.1. The molecule has 0 aromatic carbocycles. The molecule has 1 unspecified atom stereocenters. The number of aryl methyl sites for hydroxylation is 2. The highest BCUT2D eigenvalue weighted by Crippen LogP contribution is 2.16. The molecule has 0 N–H and O–H groups in total. The van der Waals surface area contributed by atoms with Crippen molar-refractivity contribution in [3.63, 3.8) is 0 Å². The molecule has 2 rings (SSSR count). The van der Waals surface area contributed by atoms with Crippen LogP contribution < -0.4 is 0 Å². The van der Waals surface area contributed by atoms with Crippen molar-refractivity contribution in [1.82, 2.24) is 19.6 Å². The number of carbonyl (C=O) groups excluding carboxylic acids is 1. The van der Waals surface area contributed by atoms with Crippen molar-refractivity contribution in [2.75, 3.05) is 0 Å². The molecule has 0 amide bonds. The Morgan fingerprint density at radius 1 is 1.50 bits per heavy atom. The van der Waals surface area contributed by atoms with Gasteiger partial charge in [0.1, 0.15) is 6.29 Å². The number of fused-ring (bicyclic) bond motifs is 1. The maximum atomic E-state index is 10.5. The first-order valence-electron chi connectivity index (χ1n) is 5.26. The standard InChI is InChI=1S/C11H14N4O/c1-7(4-5-16)10-13-11-9(3)12-6-8(2)15(11)14-10/h5-7H,4H2,1-3H3. The lowest BCUT2D eigenvalue weighted by atomic mass is 10.1. The van der Waals surface area contributed by atoms with Gasteiger partial charge in [-0.05, 0) is 13.8 Å². The maximum absolute atomic E-state index is 10.5. The molecule has 0 fully saturated rings. The Hall–Kier alpha value is -1.78. The zero-order valence-electron chi connectivity index (χ0n) is 9.64. The summed E-state index contributed by atoms with van der Waals surface area (Å²) in [5.41, 5.74) is 2.56. The van der Waals surface area contributed by atoms with E-state index in [0.29, 0.717) is 12.2 Å². The van der Waals surface area contributed by atoms with E-state index in [1.807, 2.05) is 20.8 Å². The Bertz CT molecular complexity index is 493. The molecule has 2 aromatic rings. The Balaban J connectivity index is 2.55. The second-order valence-electron chi connectivity index (χ2n) is 3.99. The summed E-state index contributed by atoms with van der Waals surface area (Å²) in [5, 5.41) is 4.40. The van der Waals surface area contributed by atoms with E-state index in [4.69, 9.17) is 0 Å². The van der Waals surface area contributed by atoms with Crippen LogP contribution in [0.25, 0.3) is 5.65 Å². The molecule has 0 aliphatic carbocycles. The minimum Gasteiger partial charge on any atom is -0.303 e. The first-order valence-corrected chi connectivity index (χ1v) is 5.26. The molecule has 5 nitrogen and oxygen atoms in total. The van der Waals surface area contributed by atoms with Crippen molar-refractivity contribution < 1.29 is 4.79 Å². The summed E-state index contributed by atoms with van der Waals surface area (Å²) in [7, 11) is 0. The molecule has 0 radical (unpaired) electrons. The zero-order valence-corrected chi connectivity index (χ0v) is 9.64. The van der Waals surface area contributed by atoms with Crippen molar-refractivity contribution in [3.05, 3.63) is 23.4 Å². The summed E-state index contributed by atoms with van der Waals surface area (Å²) >= 11 is 0. The average molecular weight is 218 g/mol. The number of nitrogens with zero attached hydrogens (tertiary/aromatic N) is 4. The highest BCUT2D eigenvalue weighted by Gasteiger charge is 2.14. The lowest BCUT2D eigenvalue weighted by Gasteiger charge is -1.99. The van der Waals surface area contributed by atoms with E-state index in [0.717, 1.165) is 23.3 Å². The normalized spacial score (nSPS) is 12.9. The van der Waals surface area contributed by atoms with Crippen LogP contribution in [0.4, 0.5) is 0 Å². The third-order valence-corrected chi connectivity index (χ3v) is 2.62. The van der Waals surface area contributed by atoms with Gasteiger partial charge in [0.2, 0.25) is 0 Å². The Kier molecular flexibility index (Phi) is 2.68. The van der Waals surface area contributed by atoms with Crippen molar-refractivity contribution in [3.8, 4) is 0 Å². The van der Waals surface area contributed by atoms with Crippen molar-refractivity contribution >= 4 is 11.9 Å². The van der Waals surface area contributed by atoms with Gasteiger partial charge in [0, 0.05) is 18.5 Å². The lowest BCUT2D eigenvalue weighted by Crippen LogP contribution is -1.99. The highest BCUT2D eigenvalue weighted by molar-refractivity contribution is 5.51. The van der Waals surface area contributed by atoms with Crippen LogP contribution in [0.15, 0.2) is 6.20 Å². The van der Waals surface area contributed by atoms with Gasteiger partial charge in [0.05, 0.1) is 11.4 Å². The molecular weight excluding hydrogens is 204 g/mol. The van der Waals surface area contributed by atoms with E-state index in [1.54, 1.807) is 10.7 Å². The number of aromatic nitrogens is 4. The Morgan fingerprint density at radius 2 is 2.25 bits per heavy atom. The van der Waals surface area contributed by atoms with E-state index < -0.39 is 0 Å². The monoisotopic (exact) mass is 218 g/mol. The van der Waals surface area contributed by atoms with Crippen LogP contribution in [-0.2, 0) is 4.79 Å². The van der Waals surface area contributed by atoms with E-state index in [1.165, 1.54) is 0 Å². The minimum absolute atomic E-state index is 0.0520. The fourth-order valence-electron chi connectivity index (χ4n) is 1.57. The number of aldehydes is 1. The molecule has 16 heavy (non-hydrogen) atoms. The summed E-state index contributed by atoms with van der Waals surface area (Å²) in [6.07, 6.45) is 3.11. The van der Waals surface area contributed by atoms with Crippen LogP contribution in [0.2, 0.25) is 0 Å². The third-order valence-electron chi connectivity index (χ3n) is 2.62. The molecule has 0 bridgehead atoms. The predicted octanol–water partition coefficient (Wildman–Crippen LogP) is 1.43. The highest BCUT2D eigenvalue weighted by atomic mass is 16.1. The number of rotatable bonds is 3. The van der Waals surface area contributed by atoms with Gasteiger partial charge < -0.3 is 4.79 Å². The molecule has 0 aliphatic heterocycles. The fourth-order valence-corrected chi connectivity index (χ4v) is 1.57. The topological polar surface area (TPSA) is 60.2 Å². The molecule has 2 aromatic heterocycles. The summed E-state index contributed by atoms with van der Waals surface area (Å²) in [5.74, 6) is 0.752. The van der Waals surface area contributed by atoms with E-state index in [9.17, 15) is 4.79 Å². The molecule has 0 aliphatic rings. The lowest BCUT2D eigenvalue weighted by molar-refractivity contribution is -0.108. The maximum Gasteiger partial charge on any atom is 0.177 e. The van der Waals surface area contributed by atoms with Crippen molar-refractivity contribution in [1.29, 1.82) is 0 Å². The summed E-state index contributed by atoms with van der Waals surface area (Å²) < 4.78 is 1.78. The third kappa shape index (κ3) is 1.68. The number of carbonyl (C=O) groups is 1. The van der Waals surface area contributed by atoms with Gasteiger partial charge in [-0.25, -0.2) is 9.50 Å². The van der Waals surface area contributed by atoms with E-state index in [2.05, 4.69) is 15.1 Å². The average Bonchev–Trinajstić information content (AvgIpc) is 2.70. The van der Waals surface area contributed by atoms with Crippen LogP contribution >= 0.6 is 0 Å². The van der Waals surface area contributed by atoms with Crippen molar-refractivity contribution in [2.45, 2.75) is 33.1 Å². The van der Waals surface area contributed by atoms with Crippen LogP contribution in [-0.4, -0.2) is 25.9 Å². The molecule has 0 saturated carbocycles. The zero-order chi connectivity index (χ0) is 11.7. The van der Waals surface area contributed by atoms with E-state index in [-0.39, 0.29) is 5.92 Å². The number of hydrogen-bond acceptors (Lipinski definition) is 4. The van der Waals surface area contributed by atoms with Gasteiger partial charge in [-0.1, -0.05) is 6.92 Å². The summed E-state index contributed by atoms with van der Waals surface area (Å²) in [6.45, 7) is 5.78. The van der Waals surface area contributed by atoms with Gasteiger partial charge in [-0.2, -0.15) is 5.10 Å². The van der Waals surface area contributed by atoms with Crippen LogP contribution in [0, 0.1) is 13.8 Å². The molecule has 2 heterocycles. The minimum atomic E-state index is 0.0520. The van der Waals surface area contributed by atoms with Gasteiger partial charge >= 0.3 is 0 Å². The quantitative estimate of drug-likeness (QED) is 0.731. The fraction of sp³-hybridized carbons (Fsp3) is 0.455. The number of hydrogen-bond donors (Lipinski definition) is 0. The molecule has 0 spiro atoms. The molecule has 5 heteroatoms. The van der Waals surface area contributed by atoms with Crippen LogP contribution in [0.5, 0.6) is 0 Å². The first kappa shape index (κ1) is 10.7. The van der Waals surface area contributed by atoms with Gasteiger partial charge in [-0.3, -0.25) is 4.98 Å². The molecule has 1 atom stereocenters. The van der Waals surface area contributed by atoms with Crippen molar-refractivity contribution in [2.24, 2.45) is 0 Å². The first-order chi connectivity index (χ1) is 7.63. The molecule has 84 valence electrons. The largest absolute Gasteiger partial charge is 0.303 e.